The monoisotopic (exact) mass is 338 g/mol. The van der Waals surface area contributed by atoms with Crippen molar-refractivity contribution < 1.29 is 5.01 Å². The van der Waals surface area contributed by atoms with Gasteiger partial charge >= 0.3 is 0 Å². The molecule has 2 aliphatic rings. The Labute approximate surface area is 153 Å². The highest BCUT2D eigenvalue weighted by Crippen LogP contribution is 2.36. The van der Waals surface area contributed by atoms with Gasteiger partial charge in [-0.1, -0.05) is 42.5 Å². The molecule has 0 bridgehead atoms. The molecular formula is C23H20N3+. The van der Waals surface area contributed by atoms with Crippen molar-refractivity contribution in [1.29, 1.82) is 0 Å². The van der Waals surface area contributed by atoms with Crippen LogP contribution in [0.25, 0.3) is 16.7 Å². The fourth-order valence-corrected chi connectivity index (χ4v) is 3.84. The summed E-state index contributed by atoms with van der Waals surface area (Å²) in [5, 5.41) is 1.17. The fourth-order valence-electron chi connectivity index (χ4n) is 3.84. The second kappa shape index (κ2) is 5.90. The summed E-state index contributed by atoms with van der Waals surface area (Å²) < 4.78 is 0. The summed E-state index contributed by atoms with van der Waals surface area (Å²) in [6.45, 7) is 0. The zero-order valence-electron chi connectivity index (χ0n) is 14.6. The first-order valence-electron chi connectivity index (χ1n) is 8.86. The molecule has 0 saturated carbocycles. The lowest BCUT2D eigenvalue weighted by atomic mass is 10.0. The average Bonchev–Trinajstić information content (AvgIpc) is 3.02. The normalized spacial score (nSPS) is 16.3. The predicted octanol–water partition coefficient (Wildman–Crippen LogP) is 4.02. The van der Waals surface area contributed by atoms with Gasteiger partial charge in [0.05, 0.1) is 17.3 Å². The molecule has 0 unspecified atom stereocenters. The maximum absolute atomic E-state index is 3.60. The van der Waals surface area contributed by atoms with E-state index >= 15 is 0 Å². The number of para-hydroxylation sites is 3. The zero-order valence-corrected chi connectivity index (χ0v) is 14.6. The van der Waals surface area contributed by atoms with Crippen LogP contribution in [0.4, 0.5) is 17.1 Å². The maximum atomic E-state index is 3.60. The lowest BCUT2D eigenvalue weighted by molar-refractivity contribution is -0.801. The van der Waals surface area contributed by atoms with E-state index in [1.54, 1.807) is 0 Å². The molecule has 3 nitrogen and oxygen atoms in total. The molecular weight excluding hydrogens is 318 g/mol. The lowest BCUT2D eigenvalue weighted by Gasteiger charge is -2.24. The quantitative estimate of drug-likeness (QED) is 0.736. The second-order valence-corrected chi connectivity index (χ2v) is 6.65. The maximum Gasteiger partial charge on any atom is 0.168 e. The minimum absolute atomic E-state index is 1.17. The third kappa shape index (κ3) is 2.25. The van der Waals surface area contributed by atoms with Gasteiger partial charge in [0.2, 0.25) is 0 Å². The molecule has 0 saturated heterocycles. The van der Waals surface area contributed by atoms with Gasteiger partial charge in [-0.3, -0.25) is 0 Å². The molecule has 0 aliphatic carbocycles. The number of nitrogens with zero attached hydrogens (tertiary/aromatic N) is 1. The molecule has 126 valence electrons. The summed E-state index contributed by atoms with van der Waals surface area (Å²) in [7, 11) is 2.08. The number of hydrogen-bond acceptors (Lipinski definition) is 2. The van der Waals surface area contributed by atoms with Gasteiger partial charge in [0.25, 0.3) is 0 Å². The van der Waals surface area contributed by atoms with Crippen LogP contribution in [-0.4, -0.2) is 7.05 Å². The van der Waals surface area contributed by atoms with E-state index in [0.29, 0.717) is 0 Å². The van der Waals surface area contributed by atoms with Crippen LogP contribution in [0.1, 0.15) is 5.56 Å². The van der Waals surface area contributed by atoms with Crippen LogP contribution in [0.3, 0.4) is 0 Å². The van der Waals surface area contributed by atoms with Gasteiger partial charge in [0.1, 0.15) is 0 Å². The summed E-state index contributed by atoms with van der Waals surface area (Å²) in [5.41, 5.74) is 12.4. The SMILES string of the molecule is CN1C=CC(=CN[NH+]2c3ccccc3-c3ccccc32)c2ccccc21. The molecule has 5 rings (SSSR count). The largest absolute Gasteiger partial charge is 0.351 e. The number of fused-ring (bicyclic) bond motifs is 4. The van der Waals surface area contributed by atoms with Gasteiger partial charge in [-0.25, -0.2) is 5.43 Å². The Morgan fingerprint density at radius 3 is 2.04 bits per heavy atom. The van der Waals surface area contributed by atoms with Gasteiger partial charge in [-0.05, 0) is 24.3 Å². The number of nitrogens with one attached hydrogen (secondary N) is 2. The van der Waals surface area contributed by atoms with Crippen LogP contribution in [0.15, 0.2) is 91.3 Å². The third-order valence-electron chi connectivity index (χ3n) is 5.13. The molecule has 3 aromatic carbocycles. The van der Waals surface area contributed by atoms with E-state index in [1.807, 2.05) is 0 Å². The van der Waals surface area contributed by atoms with Crippen molar-refractivity contribution in [2.24, 2.45) is 0 Å². The van der Waals surface area contributed by atoms with Crippen LogP contribution in [0, 0.1) is 0 Å². The fraction of sp³-hybridized carbons (Fsp3) is 0.0435. The topological polar surface area (TPSA) is 19.7 Å². The molecule has 2 heterocycles. The van der Waals surface area contributed by atoms with Gasteiger partial charge in [0, 0.05) is 42.2 Å². The molecule has 3 aromatic rings. The number of anilines is 1. The van der Waals surface area contributed by atoms with Crippen LogP contribution in [0.5, 0.6) is 0 Å². The average molecular weight is 338 g/mol. The summed E-state index contributed by atoms with van der Waals surface area (Å²) in [6, 6.07) is 25.7. The number of benzene rings is 3. The van der Waals surface area contributed by atoms with E-state index < -0.39 is 0 Å². The molecule has 3 heteroatoms. The Bertz CT molecular complexity index is 1000. The van der Waals surface area contributed by atoms with Crippen molar-refractivity contribution in [1.82, 2.24) is 5.43 Å². The van der Waals surface area contributed by atoms with Crippen molar-refractivity contribution in [2.75, 3.05) is 11.9 Å². The Morgan fingerprint density at radius 2 is 1.35 bits per heavy atom. The molecule has 0 fully saturated rings. The van der Waals surface area contributed by atoms with E-state index in [-0.39, 0.29) is 0 Å². The zero-order chi connectivity index (χ0) is 17.5. The molecule has 0 amide bonds. The molecule has 0 atom stereocenters. The molecule has 26 heavy (non-hydrogen) atoms. The van der Waals surface area contributed by atoms with E-state index in [1.165, 1.54) is 44.3 Å². The first-order chi connectivity index (χ1) is 12.8. The predicted molar refractivity (Wildman–Crippen MR) is 107 cm³/mol. The minimum Gasteiger partial charge on any atom is -0.351 e. The molecule has 0 aromatic heterocycles. The summed E-state index contributed by atoms with van der Waals surface area (Å²) in [6.07, 6.45) is 6.39. The standard InChI is InChI=1S/C23H19N3/c1-25-15-14-17(18-8-2-5-11-21(18)25)16-24-26-22-12-6-3-9-19(22)20-10-4-7-13-23(20)26/h2-16,24H,1H3/p+1. The van der Waals surface area contributed by atoms with Crippen molar-refractivity contribution in [3.8, 4) is 11.1 Å². The van der Waals surface area contributed by atoms with Crippen LogP contribution in [-0.2, 0) is 0 Å². The summed E-state index contributed by atoms with van der Waals surface area (Å²) in [4.78, 5) is 2.15. The molecule has 0 spiro atoms. The van der Waals surface area contributed by atoms with E-state index in [9.17, 15) is 0 Å². The Kier molecular flexibility index (Phi) is 3.40. The Morgan fingerprint density at radius 1 is 0.769 bits per heavy atom. The highest BCUT2D eigenvalue weighted by molar-refractivity contribution is 5.86. The molecule has 0 radical (unpaired) electrons. The number of allylic oxidation sites excluding steroid dienone is 2. The number of quaternary nitrogens is 1. The van der Waals surface area contributed by atoms with Crippen molar-refractivity contribution in [3.63, 3.8) is 0 Å². The van der Waals surface area contributed by atoms with E-state index in [2.05, 4.69) is 109 Å². The summed E-state index contributed by atoms with van der Waals surface area (Å²) in [5.74, 6) is 0. The van der Waals surface area contributed by atoms with E-state index in [0.717, 1.165) is 0 Å². The van der Waals surface area contributed by atoms with Crippen molar-refractivity contribution >= 4 is 22.6 Å². The molecule has 2 N–H and O–H groups in total. The van der Waals surface area contributed by atoms with Crippen LogP contribution < -0.4 is 15.3 Å². The Hall–Kier alpha value is -3.30. The second-order valence-electron chi connectivity index (χ2n) is 6.65. The van der Waals surface area contributed by atoms with Gasteiger partial charge in [-0.2, -0.15) is 5.01 Å². The van der Waals surface area contributed by atoms with E-state index in [4.69, 9.17) is 0 Å². The molecule has 2 aliphatic heterocycles. The first-order valence-corrected chi connectivity index (χ1v) is 8.86. The van der Waals surface area contributed by atoms with Gasteiger partial charge in [-0.15, -0.1) is 0 Å². The highest BCUT2D eigenvalue weighted by atomic mass is 15.5. The van der Waals surface area contributed by atoms with Crippen LogP contribution >= 0.6 is 0 Å². The first kappa shape index (κ1) is 15.0. The minimum atomic E-state index is 1.17. The van der Waals surface area contributed by atoms with Gasteiger partial charge < -0.3 is 4.90 Å². The number of hydrogen-bond donors (Lipinski definition) is 2. The van der Waals surface area contributed by atoms with Crippen molar-refractivity contribution in [3.05, 3.63) is 96.8 Å². The highest BCUT2D eigenvalue weighted by Gasteiger charge is 2.31. The third-order valence-corrected chi connectivity index (χ3v) is 5.13. The smallest absolute Gasteiger partial charge is 0.168 e. The van der Waals surface area contributed by atoms with Crippen molar-refractivity contribution in [2.45, 2.75) is 0 Å². The van der Waals surface area contributed by atoms with Gasteiger partial charge in [0.15, 0.2) is 11.4 Å². The summed E-state index contributed by atoms with van der Waals surface area (Å²) >= 11 is 0. The number of rotatable bonds is 2. The Balaban J connectivity index is 1.55. The van der Waals surface area contributed by atoms with Crippen LogP contribution in [0.2, 0.25) is 0 Å². The lowest BCUT2D eigenvalue weighted by Crippen LogP contribution is -3.07.